The Morgan fingerprint density at radius 1 is 1.33 bits per heavy atom. The zero-order chi connectivity index (χ0) is 17.7. The number of aromatic nitrogens is 2. The number of aryl methyl sites for hydroxylation is 2. The van der Waals surface area contributed by atoms with E-state index in [0.717, 1.165) is 37.2 Å². The predicted octanol–water partition coefficient (Wildman–Crippen LogP) is 0.818. The summed E-state index contributed by atoms with van der Waals surface area (Å²) < 4.78 is 0. The average molecular weight is 333 g/mol. The van der Waals surface area contributed by atoms with Crippen molar-refractivity contribution in [2.45, 2.75) is 45.1 Å². The molecule has 0 radical (unpaired) electrons. The second kappa shape index (κ2) is 8.19. The number of primary amides is 1. The molecule has 1 aliphatic rings. The van der Waals surface area contributed by atoms with Gasteiger partial charge in [0.05, 0.1) is 18.3 Å². The van der Waals surface area contributed by atoms with Crippen LogP contribution in [0.1, 0.15) is 48.9 Å². The highest BCUT2D eigenvalue weighted by molar-refractivity contribution is 5.76. The molecule has 132 valence electrons. The minimum Gasteiger partial charge on any atom is -0.369 e. The van der Waals surface area contributed by atoms with Gasteiger partial charge in [0.15, 0.2) is 0 Å². The molecule has 2 rings (SSSR count). The van der Waals surface area contributed by atoms with Gasteiger partial charge in [-0.05, 0) is 38.8 Å². The van der Waals surface area contributed by atoms with E-state index in [9.17, 15) is 9.59 Å². The van der Waals surface area contributed by atoms with E-state index >= 15 is 0 Å². The first-order chi connectivity index (χ1) is 11.4. The summed E-state index contributed by atoms with van der Waals surface area (Å²) in [5, 5.41) is 0. The molecule has 24 heavy (non-hydrogen) atoms. The van der Waals surface area contributed by atoms with Gasteiger partial charge < -0.3 is 10.6 Å². The fraction of sp³-hybridized carbons (Fsp3) is 0.647. The smallest absolute Gasteiger partial charge is 0.231 e. The molecule has 1 aliphatic heterocycles. The molecular formula is C17H27N5O2. The van der Waals surface area contributed by atoms with Crippen LogP contribution in [0, 0.1) is 6.92 Å². The van der Waals surface area contributed by atoms with Crippen molar-refractivity contribution in [1.82, 2.24) is 19.8 Å². The number of nitrogens with zero attached hydrogens (tertiary/aromatic N) is 4. The summed E-state index contributed by atoms with van der Waals surface area (Å²) in [6.45, 7) is 2.97. The van der Waals surface area contributed by atoms with Crippen molar-refractivity contribution in [3.63, 3.8) is 0 Å². The highest BCUT2D eigenvalue weighted by Crippen LogP contribution is 2.29. The van der Waals surface area contributed by atoms with Gasteiger partial charge in [0.1, 0.15) is 5.82 Å². The first-order valence-corrected chi connectivity index (χ1v) is 8.43. The summed E-state index contributed by atoms with van der Waals surface area (Å²) in [6, 6.07) is 2.07. The van der Waals surface area contributed by atoms with Crippen molar-refractivity contribution in [3.05, 3.63) is 23.3 Å². The van der Waals surface area contributed by atoms with E-state index in [2.05, 4.69) is 14.9 Å². The van der Waals surface area contributed by atoms with E-state index in [1.54, 1.807) is 19.0 Å². The number of rotatable bonds is 6. The number of carbonyl (C=O) groups excluding carboxylic acids is 2. The van der Waals surface area contributed by atoms with Gasteiger partial charge in [-0.1, -0.05) is 6.42 Å². The van der Waals surface area contributed by atoms with Crippen molar-refractivity contribution in [2.24, 2.45) is 5.73 Å². The number of piperidine rings is 1. The molecule has 1 atom stereocenters. The predicted molar refractivity (Wildman–Crippen MR) is 91.1 cm³/mol. The Balaban J connectivity index is 2.16. The van der Waals surface area contributed by atoms with Crippen molar-refractivity contribution in [3.8, 4) is 0 Å². The maximum atomic E-state index is 11.8. The Hall–Kier alpha value is -2.02. The van der Waals surface area contributed by atoms with Gasteiger partial charge in [-0.3, -0.25) is 14.5 Å². The largest absolute Gasteiger partial charge is 0.369 e. The summed E-state index contributed by atoms with van der Waals surface area (Å²) in [5.41, 5.74) is 7.18. The molecule has 0 saturated carbocycles. The van der Waals surface area contributed by atoms with E-state index in [1.807, 2.05) is 13.0 Å². The number of likely N-dealkylation sites (tertiary alicyclic amines) is 1. The van der Waals surface area contributed by atoms with Crippen molar-refractivity contribution < 1.29 is 9.59 Å². The van der Waals surface area contributed by atoms with E-state index in [4.69, 9.17) is 5.73 Å². The summed E-state index contributed by atoms with van der Waals surface area (Å²) in [6.07, 6.45) is 4.16. The minimum atomic E-state index is -0.315. The van der Waals surface area contributed by atoms with Crippen LogP contribution in [0.25, 0.3) is 0 Å². The Kier molecular flexibility index (Phi) is 6.25. The van der Waals surface area contributed by atoms with Crippen LogP contribution in [0.4, 0.5) is 0 Å². The lowest BCUT2D eigenvalue weighted by Crippen LogP contribution is -2.40. The lowest BCUT2D eigenvalue weighted by molar-refractivity contribution is -0.128. The Morgan fingerprint density at radius 2 is 2.08 bits per heavy atom. The first-order valence-electron chi connectivity index (χ1n) is 8.43. The van der Waals surface area contributed by atoms with Crippen LogP contribution < -0.4 is 5.73 Å². The zero-order valence-corrected chi connectivity index (χ0v) is 14.8. The summed E-state index contributed by atoms with van der Waals surface area (Å²) in [5.74, 6) is 0.467. The third-order valence-corrected chi connectivity index (χ3v) is 4.32. The highest BCUT2D eigenvalue weighted by Gasteiger charge is 2.26. The first kappa shape index (κ1) is 18.3. The maximum absolute atomic E-state index is 11.8. The summed E-state index contributed by atoms with van der Waals surface area (Å²) in [4.78, 5) is 35.8. The fourth-order valence-corrected chi connectivity index (χ4v) is 3.13. The monoisotopic (exact) mass is 333 g/mol. The molecule has 7 heteroatoms. The van der Waals surface area contributed by atoms with Crippen LogP contribution in [0.15, 0.2) is 6.07 Å². The van der Waals surface area contributed by atoms with Crippen LogP contribution in [0.5, 0.6) is 0 Å². The topological polar surface area (TPSA) is 92.4 Å². The number of hydrogen-bond donors (Lipinski definition) is 1. The highest BCUT2D eigenvalue weighted by atomic mass is 16.2. The lowest BCUT2D eigenvalue weighted by atomic mass is 9.98. The molecule has 7 nitrogen and oxygen atoms in total. The standard InChI is InChI=1S/C17H27N5O2/c1-12-19-13(7-8-17(24)21(2)3)10-14(20-12)15-6-4-5-9-22(15)11-16(18)23/h10,15H,4-9,11H2,1-3H3,(H2,18,23). The molecule has 0 aliphatic carbocycles. The number of carbonyl (C=O) groups is 2. The molecule has 2 heterocycles. The van der Waals surface area contributed by atoms with E-state index in [1.165, 1.54) is 0 Å². The summed E-state index contributed by atoms with van der Waals surface area (Å²) in [7, 11) is 3.51. The van der Waals surface area contributed by atoms with Crippen molar-refractivity contribution >= 4 is 11.8 Å². The molecule has 2 amide bonds. The van der Waals surface area contributed by atoms with Crippen LogP contribution in [0.2, 0.25) is 0 Å². The second-order valence-corrected chi connectivity index (χ2v) is 6.57. The average Bonchev–Trinajstić information content (AvgIpc) is 2.52. The normalized spacial score (nSPS) is 18.4. The van der Waals surface area contributed by atoms with Crippen LogP contribution in [-0.2, 0) is 16.0 Å². The molecule has 1 unspecified atom stereocenters. The zero-order valence-electron chi connectivity index (χ0n) is 14.8. The molecular weight excluding hydrogens is 306 g/mol. The molecule has 0 aromatic carbocycles. The Bertz CT molecular complexity index is 603. The molecule has 1 aromatic heterocycles. The van der Waals surface area contributed by atoms with Gasteiger partial charge in [0.25, 0.3) is 0 Å². The SMILES string of the molecule is Cc1nc(CCC(=O)N(C)C)cc(C2CCCCN2CC(N)=O)n1. The minimum absolute atomic E-state index is 0.0841. The maximum Gasteiger partial charge on any atom is 0.231 e. The molecule has 2 N–H and O–H groups in total. The van der Waals surface area contributed by atoms with E-state index < -0.39 is 0 Å². The van der Waals surface area contributed by atoms with Crippen LogP contribution in [-0.4, -0.2) is 58.8 Å². The number of nitrogens with two attached hydrogens (primary N) is 1. The quantitative estimate of drug-likeness (QED) is 0.832. The van der Waals surface area contributed by atoms with Crippen molar-refractivity contribution in [2.75, 3.05) is 27.2 Å². The molecule has 0 spiro atoms. The van der Waals surface area contributed by atoms with Gasteiger partial charge in [-0.2, -0.15) is 0 Å². The fourth-order valence-electron chi connectivity index (χ4n) is 3.13. The Morgan fingerprint density at radius 3 is 2.75 bits per heavy atom. The van der Waals surface area contributed by atoms with Crippen LogP contribution in [0.3, 0.4) is 0 Å². The van der Waals surface area contributed by atoms with E-state index in [-0.39, 0.29) is 24.4 Å². The molecule has 0 bridgehead atoms. The van der Waals surface area contributed by atoms with E-state index in [0.29, 0.717) is 18.7 Å². The van der Waals surface area contributed by atoms with Crippen LogP contribution >= 0.6 is 0 Å². The summed E-state index contributed by atoms with van der Waals surface area (Å²) >= 11 is 0. The molecule has 1 aromatic rings. The van der Waals surface area contributed by atoms with Gasteiger partial charge in [-0.15, -0.1) is 0 Å². The number of hydrogen-bond acceptors (Lipinski definition) is 5. The van der Waals surface area contributed by atoms with Gasteiger partial charge in [0, 0.05) is 26.2 Å². The second-order valence-electron chi connectivity index (χ2n) is 6.57. The van der Waals surface area contributed by atoms with Gasteiger partial charge in [-0.25, -0.2) is 9.97 Å². The number of amides is 2. The Labute approximate surface area is 143 Å². The molecule has 1 fully saturated rings. The van der Waals surface area contributed by atoms with Gasteiger partial charge >= 0.3 is 0 Å². The van der Waals surface area contributed by atoms with Gasteiger partial charge in [0.2, 0.25) is 11.8 Å². The van der Waals surface area contributed by atoms with Crippen molar-refractivity contribution in [1.29, 1.82) is 0 Å². The third kappa shape index (κ3) is 4.99. The lowest BCUT2D eigenvalue weighted by Gasteiger charge is -2.34. The third-order valence-electron chi connectivity index (χ3n) is 4.32. The molecule has 1 saturated heterocycles.